The van der Waals surface area contributed by atoms with Gasteiger partial charge < -0.3 is 5.48 Å². The third-order valence-electron chi connectivity index (χ3n) is 1.85. The average molecular weight is 335 g/mol. The first kappa shape index (κ1) is 12.5. The summed E-state index contributed by atoms with van der Waals surface area (Å²) in [7, 11) is 6.49. The smallest absolute Gasteiger partial charge is 0.412 e. The standard InChI is InChI=1S/C12H10ClI.H2O/c13-14(11-7-3-1-4-8-11)12-9-5-2-6-10-12;/h1-10H;1H2. The van der Waals surface area contributed by atoms with E-state index in [2.05, 4.69) is 24.3 Å². The largest absolute Gasteiger partial charge is 0.412 e. The summed E-state index contributed by atoms with van der Waals surface area (Å²) in [5.41, 5.74) is 0. The molecule has 0 spiro atoms. The number of hydrogen-bond acceptors (Lipinski definition) is 0. The monoisotopic (exact) mass is 334 g/mol. The van der Waals surface area contributed by atoms with Crippen molar-refractivity contribution in [2.24, 2.45) is 0 Å². The Labute approximate surface area is 100 Å². The van der Waals surface area contributed by atoms with E-state index in [9.17, 15) is 0 Å². The molecule has 0 aromatic heterocycles. The molecule has 2 rings (SSSR count). The second-order valence-electron chi connectivity index (χ2n) is 2.83. The SMILES string of the molecule is ClI(c1ccccc1)c1ccccc1.O. The summed E-state index contributed by atoms with van der Waals surface area (Å²) in [6.45, 7) is 0. The van der Waals surface area contributed by atoms with Crippen molar-refractivity contribution < 1.29 is 5.48 Å². The van der Waals surface area contributed by atoms with Crippen LogP contribution in [0, 0.1) is 7.14 Å². The summed E-state index contributed by atoms with van der Waals surface area (Å²) in [6.07, 6.45) is 0. The molecular formula is C12H12ClIO. The van der Waals surface area contributed by atoms with Gasteiger partial charge in [0.25, 0.3) is 0 Å². The van der Waals surface area contributed by atoms with Crippen LogP contribution in [0.4, 0.5) is 0 Å². The fraction of sp³-hybridized carbons (Fsp3) is 0. The quantitative estimate of drug-likeness (QED) is 0.752. The Bertz CT molecular complexity index is 351. The van der Waals surface area contributed by atoms with Crippen LogP contribution in [0.5, 0.6) is 0 Å². The van der Waals surface area contributed by atoms with E-state index in [1.165, 1.54) is 7.14 Å². The van der Waals surface area contributed by atoms with Crippen molar-refractivity contribution >= 4 is 27.6 Å². The minimum Gasteiger partial charge on any atom is -0.412 e. The number of hydrogen-bond donors (Lipinski definition) is 0. The summed E-state index contributed by atoms with van der Waals surface area (Å²) >= 11 is -1.63. The van der Waals surface area contributed by atoms with Crippen LogP contribution in [0.1, 0.15) is 0 Å². The van der Waals surface area contributed by atoms with Gasteiger partial charge in [-0.1, -0.05) is 0 Å². The molecule has 0 radical (unpaired) electrons. The van der Waals surface area contributed by atoms with Gasteiger partial charge in [-0.05, 0) is 0 Å². The molecule has 0 fully saturated rings. The van der Waals surface area contributed by atoms with Crippen LogP contribution in [0.15, 0.2) is 60.7 Å². The summed E-state index contributed by atoms with van der Waals surface area (Å²) in [5.74, 6) is 0. The van der Waals surface area contributed by atoms with Crippen molar-refractivity contribution in [2.75, 3.05) is 0 Å². The number of benzene rings is 2. The third-order valence-corrected chi connectivity index (χ3v) is 7.69. The first-order valence-corrected chi connectivity index (χ1v) is 9.23. The van der Waals surface area contributed by atoms with E-state index in [1.807, 2.05) is 36.4 Å². The van der Waals surface area contributed by atoms with Crippen molar-refractivity contribution in [3.63, 3.8) is 0 Å². The Balaban J connectivity index is 0.00000112. The predicted molar refractivity (Wildman–Crippen MR) is 73.8 cm³/mol. The van der Waals surface area contributed by atoms with Crippen LogP contribution in [-0.2, 0) is 0 Å². The van der Waals surface area contributed by atoms with E-state index in [0.717, 1.165) is 0 Å². The van der Waals surface area contributed by atoms with Crippen LogP contribution in [-0.4, -0.2) is 5.48 Å². The minimum atomic E-state index is -1.63. The maximum Gasteiger partial charge on any atom is -0.412 e. The Kier molecular flexibility index (Phi) is 5.08. The molecule has 0 atom stereocenters. The topological polar surface area (TPSA) is 31.5 Å². The Hall–Kier alpha value is -0.580. The van der Waals surface area contributed by atoms with E-state index in [-0.39, 0.29) is 5.48 Å². The van der Waals surface area contributed by atoms with Crippen LogP contribution in [0.25, 0.3) is 0 Å². The number of halogens is 2. The molecule has 0 aliphatic rings. The molecule has 15 heavy (non-hydrogen) atoms. The molecule has 0 saturated carbocycles. The summed E-state index contributed by atoms with van der Waals surface area (Å²) in [6, 6.07) is 20.7. The molecule has 0 bridgehead atoms. The fourth-order valence-corrected chi connectivity index (χ4v) is 5.27. The molecule has 80 valence electrons. The summed E-state index contributed by atoms with van der Waals surface area (Å²) in [4.78, 5) is 0. The molecule has 0 unspecified atom stereocenters. The normalized spacial score (nSPS) is 10.3. The van der Waals surface area contributed by atoms with Gasteiger partial charge in [-0.25, -0.2) is 0 Å². The van der Waals surface area contributed by atoms with Crippen LogP contribution in [0.2, 0.25) is 0 Å². The molecule has 0 amide bonds. The first-order chi connectivity index (χ1) is 6.88. The molecule has 2 aromatic carbocycles. The minimum absolute atomic E-state index is 0. The molecule has 3 heteroatoms. The van der Waals surface area contributed by atoms with Crippen molar-refractivity contribution in [3.05, 3.63) is 67.8 Å². The second-order valence-corrected chi connectivity index (χ2v) is 8.59. The second kappa shape index (κ2) is 6.10. The van der Waals surface area contributed by atoms with Gasteiger partial charge in [0.15, 0.2) is 0 Å². The molecule has 0 saturated heterocycles. The first-order valence-electron chi connectivity index (χ1n) is 4.34. The zero-order chi connectivity index (χ0) is 9.80. The van der Waals surface area contributed by atoms with Crippen LogP contribution >= 0.6 is 27.6 Å². The molecule has 2 aromatic rings. The van der Waals surface area contributed by atoms with E-state index < -0.39 is 18.7 Å². The maximum atomic E-state index is 6.49. The zero-order valence-corrected chi connectivity index (χ0v) is 10.9. The fourth-order valence-electron chi connectivity index (χ4n) is 1.18. The molecule has 2 N–H and O–H groups in total. The number of rotatable bonds is 2. The van der Waals surface area contributed by atoms with Crippen molar-refractivity contribution in [1.82, 2.24) is 0 Å². The van der Waals surface area contributed by atoms with Gasteiger partial charge in [-0.15, -0.1) is 0 Å². The van der Waals surface area contributed by atoms with Gasteiger partial charge in [-0.3, -0.25) is 0 Å². The van der Waals surface area contributed by atoms with Gasteiger partial charge in [-0.2, -0.15) is 0 Å². The summed E-state index contributed by atoms with van der Waals surface area (Å²) < 4.78 is 2.59. The molecule has 0 aliphatic carbocycles. The van der Waals surface area contributed by atoms with Crippen LogP contribution in [0.3, 0.4) is 0 Å². The molecular weight excluding hydrogens is 322 g/mol. The van der Waals surface area contributed by atoms with Crippen LogP contribution < -0.4 is 0 Å². The van der Waals surface area contributed by atoms with E-state index in [4.69, 9.17) is 8.91 Å². The van der Waals surface area contributed by atoms with Crippen molar-refractivity contribution in [3.8, 4) is 0 Å². The Morgan fingerprint density at radius 3 is 1.33 bits per heavy atom. The maximum absolute atomic E-state index is 6.49. The molecule has 1 nitrogen and oxygen atoms in total. The Morgan fingerprint density at radius 1 is 0.667 bits per heavy atom. The van der Waals surface area contributed by atoms with Gasteiger partial charge >= 0.3 is 95.4 Å². The van der Waals surface area contributed by atoms with Gasteiger partial charge in [0, 0.05) is 0 Å². The molecule has 0 aliphatic heterocycles. The predicted octanol–water partition coefficient (Wildman–Crippen LogP) is 3.56. The van der Waals surface area contributed by atoms with E-state index in [0.29, 0.717) is 0 Å². The molecule has 0 heterocycles. The average Bonchev–Trinajstić information content (AvgIpc) is 2.30. The zero-order valence-electron chi connectivity index (χ0n) is 8.03. The van der Waals surface area contributed by atoms with E-state index >= 15 is 0 Å². The van der Waals surface area contributed by atoms with Crippen molar-refractivity contribution in [2.45, 2.75) is 0 Å². The van der Waals surface area contributed by atoms with Crippen molar-refractivity contribution in [1.29, 1.82) is 0 Å². The Morgan fingerprint density at radius 2 is 1.00 bits per heavy atom. The van der Waals surface area contributed by atoms with E-state index in [1.54, 1.807) is 0 Å². The van der Waals surface area contributed by atoms with Gasteiger partial charge in [0.2, 0.25) is 0 Å². The third kappa shape index (κ3) is 3.19. The van der Waals surface area contributed by atoms with Gasteiger partial charge in [0.05, 0.1) is 0 Å². The summed E-state index contributed by atoms with van der Waals surface area (Å²) in [5, 5.41) is 0. The van der Waals surface area contributed by atoms with Gasteiger partial charge in [0.1, 0.15) is 0 Å².